The fourth-order valence-corrected chi connectivity index (χ4v) is 6.56. The number of carbonyl (C=O) groups excluding carboxylic acids is 2. The normalized spacial score (nSPS) is 11.2. The largest absolute Gasteiger partial charge is 0.416 e. The zero-order valence-electron chi connectivity index (χ0n) is 41.2. The first-order valence-corrected chi connectivity index (χ1v) is 23.8. The lowest BCUT2D eigenvalue weighted by molar-refractivity contribution is -0.137. The van der Waals surface area contributed by atoms with E-state index in [1.54, 1.807) is 13.3 Å². The minimum atomic E-state index is -4.34. The number of hydrogen-bond acceptors (Lipinski definition) is 13. The van der Waals surface area contributed by atoms with Crippen LogP contribution < -0.4 is 15.5 Å². The number of pyridine rings is 1. The van der Waals surface area contributed by atoms with Crippen molar-refractivity contribution in [1.29, 1.82) is 0 Å². The SMILES string of the molecule is CCN(CC)c1ccc(NC(=O)c2cccc(CCCOCCOCCOCCOCCOCCOCCOCCOCCOC)c2)c(-c2cc(C)ccn2)c1.O=CNCc1cccc(C(F)(F)F)c1. The van der Waals surface area contributed by atoms with Gasteiger partial charge in [-0.15, -0.1) is 0 Å². The number of methoxy groups -OCH3 is 1. The van der Waals surface area contributed by atoms with Gasteiger partial charge in [-0.2, -0.15) is 13.2 Å². The Morgan fingerprint density at radius 1 is 0.643 bits per heavy atom. The molecule has 1 heterocycles. The number of halogens is 3. The Morgan fingerprint density at radius 3 is 1.69 bits per heavy atom. The standard InChI is InChI=1S/C43H65N3O10.C9H8F3NO/c1-5-46(6-2)39-12-13-41(40(35-39)42-33-36(3)14-15-44-42)45-43(47)38-11-7-9-37(34-38)10-8-16-49-19-20-51-23-24-53-27-28-55-31-32-56-30-29-54-26-25-52-22-21-50-18-17-48-4;10-9(11,12)8-3-1-2-7(4-8)5-13-6-14/h7,9,11-15,33-35H,5-6,8,10,16-32H2,1-4H3,(H,45,47);1-4,6H,5H2,(H,13,14). The van der Waals surface area contributed by atoms with Crippen molar-refractivity contribution in [2.75, 3.05) is 143 Å². The summed E-state index contributed by atoms with van der Waals surface area (Å²) in [5.74, 6) is -0.154. The molecule has 1 aromatic heterocycles. The number of hydrogen-bond donors (Lipinski definition) is 2. The Morgan fingerprint density at radius 2 is 1.17 bits per heavy atom. The van der Waals surface area contributed by atoms with Gasteiger partial charge < -0.3 is 58.2 Å². The third kappa shape index (κ3) is 25.7. The molecule has 388 valence electrons. The Labute approximate surface area is 411 Å². The number of nitrogens with zero attached hydrogens (tertiary/aromatic N) is 2. The van der Waals surface area contributed by atoms with Crippen LogP contribution in [-0.2, 0) is 66.6 Å². The predicted molar refractivity (Wildman–Crippen MR) is 263 cm³/mol. The van der Waals surface area contributed by atoms with Crippen molar-refractivity contribution in [2.45, 2.75) is 46.3 Å². The Bertz CT molecular complexity index is 2010. The van der Waals surface area contributed by atoms with Crippen molar-refractivity contribution in [2.24, 2.45) is 0 Å². The molecule has 4 rings (SSSR count). The van der Waals surface area contributed by atoms with Gasteiger partial charge in [-0.3, -0.25) is 14.6 Å². The molecule has 0 fully saturated rings. The van der Waals surface area contributed by atoms with Gasteiger partial charge in [-0.1, -0.05) is 24.3 Å². The maximum atomic E-state index is 13.4. The number of nitrogens with one attached hydrogen (secondary N) is 2. The number of ether oxygens (including phenoxy) is 9. The third-order valence-electron chi connectivity index (χ3n) is 10.2. The molecule has 18 heteroatoms. The first-order chi connectivity index (χ1) is 34.1. The average Bonchev–Trinajstić information content (AvgIpc) is 3.36. The highest BCUT2D eigenvalue weighted by Crippen LogP contribution is 2.32. The lowest BCUT2D eigenvalue weighted by Gasteiger charge is -2.23. The first kappa shape index (κ1) is 59.3. The van der Waals surface area contributed by atoms with E-state index in [9.17, 15) is 22.8 Å². The van der Waals surface area contributed by atoms with Crippen LogP contribution in [0.15, 0.2) is 85.1 Å². The van der Waals surface area contributed by atoms with E-state index in [0.717, 1.165) is 71.8 Å². The van der Waals surface area contributed by atoms with Gasteiger partial charge in [-0.05, 0) is 105 Å². The first-order valence-electron chi connectivity index (χ1n) is 23.8. The van der Waals surface area contributed by atoms with Crippen LogP contribution in [-0.4, -0.2) is 150 Å². The van der Waals surface area contributed by atoms with Crippen LogP contribution in [0.2, 0.25) is 0 Å². The molecule has 0 atom stereocenters. The Kier molecular flexibility index (Phi) is 31.2. The van der Waals surface area contributed by atoms with Crippen LogP contribution in [0.5, 0.6) is 0 Å². The summed E-state index contributed by atoms with van der Waals surface area (Å²) >= 11 is 0. The Balaban J connectivity index is 0.000000791. The predicted octanol–water partition coefficient (Wildman–Crippen LogP) is 7.82. The number of aryl methyl sites for hydroxylation is 2. The summed E-state index contributed by atoms with van der Waals surface area (Å²) in [4.78, 5) is 30.3. The molecule has 0 saturated heterocycles. The number of anilines is 2. The molecule has 0 aliphatic rings. The smallest absolute Gasteiger partial charge is 0.382 e. The highest BCUT2D eigenvalue weighted by Gasteiger charge is 2.30. The molecule has 70 heavy (non-hydrogen) atoms. The molecule has 0 bridgehead atoms. The van der Waals surface area contributed by atoms with Gasteiger partial charge in [0.25, 0.3) is 5.91 Å². The monoisotopic (exact) mass is 987 g/mol. The zero-order chi connectivity index (χ0) is 50.5. The van der Waals surface area contributed by atoms with Crippen molar-refractivity contribution in [3.8, 4) is 11.3 Å². The second-order valence-electron chi connectivity index (χ2n) is 15.5. The Hall–Kier alpha value is -5.02. The number of rotatable bonds is 37. The fourth-order valence-electron chi connectivity index (χ4n) is 6.56. The summed E-state index contributed by atoms with van der Waals surface area (Å²) in [6.07, 6.45) is -0.443. The quantitative estimate of drug-likeness (QED) is 0.0334. The van der Waals surface area contributed by atoms with Crippen molar-refractivity contribution in [3.63, 3.8) is 0 Å². The minimum absolute atomic E-state index is 0.105. The molecule has 4 aromatic rings. The number of benzene rings is 3. The third-order valence-corrected chi connectivity index (χ3v) is 10.2. The van der Waals surface area contributed by atoms with Gasteiger partial charge in [-0.25, -0.2) is 0 Å². The maximum absolute atomic E-state index is 13.4. The van der Waals surface area contributed by atoms with Crippen molar-refractivity contribution < 1.29 is 65.4 Å². The van der Waals surface area contributed by atoms with E-state index < -0.39 is 11.7 Å². The molecule has 2 amide bonds. The van der Waals surface area contributed by atoms with Gasteiger partial charge in [0.2, 0.25) is 6.41 Å². The molecule has 0 radical (unpaired) electrons. The van der Waals surface area contributed by atoms with Crippen molar-refractivity contribution in [1.82, 2.24) is 10.3 Å². The van der Waals surface area contributed by atoms with Gasteiger partial charge in [0.1, 0.15) is 0 Å². The fraction of sp³-hybridized carbons (Fsp3) is 0.519. The van der Waals surface area contributed by atoms with Crippen LogP contribution in [0.1, 0.15) is 52.9 Å². The number of amides is 2. The van der Waals surface area contributed by atoms with E-state index in [-0.39, 0.29) is 12.5 Å². The molecule has 3 aromatic carbocycles. The maximum Gasteiger partial charge on any atom is 0.416 e. The summed E-state index contributed by atoms with van der Waals surface area (Å²) < 4.78 is 85.6. The topological polar surface area (TPSA) is 157 Å². The molecule has 0 aliphatic carbocycles. The summed E-state index contributed by atoms with van der Waals surface area (Å²) in [5, 5.41) is 5.44. The molecule has 0 unspecified atom stereocenters. The van der Waals surface area contributed by atoms with E-state index in [4.69, 9.17) is 42.6 Å². The van der Waals surface area contributed by atoms with E-state index in [1.165, 1.54) is 12.1 Å². The number of carbonyl (C=O) groups is 2. The zero-order valence-corrected chi connectivity index (χ0v) is 41.2. The molecular formula is C52H73F3N4O11. The highest BCUT2D eigenvalue weighted by molar-refractivity contribution is 6.06. The second-order valence-corrected chi connectivity index (χ2v) is 15.5. The van der Waals surface area contributed by atoms with Crippen LogP contribution in [0.25, 0.3) is 11.3 Å². The second kappa shape index (κ2) is 36.9. The van der Waals surface area contributed by atoms with E-state index in [0.29, 0.717) is 130 Å². The van der Waals surface area contributed by atoms with Crippen molar-refractivity contribution >= 4 is 23.7 Å². The van der Waals surface area contributed by atoms with Gasteiger partial charge in [0, 0.05) is 56.4 Å². The summed E-state index contributed by atoms with van der Waals surface area (Å²) in [5.41, 5.74) is 6.08. The molecule has 0 spiro atoms. The van der Waals surface area contributed by atoms with Crippen LogP contribution >= 0.6 is 0 Å². The lowest BCUT2D eigenvalue weighted by Crippen LogP contribution is -2.22. The number of aromatic nitrogens is 1. The van der Waals surface area contributed by atoms with Crippen LogP contribution in [0, 0.1) is 6.92 Å². The molecule has 2 N–H and O–H groups in total. The highest BCUT2D eigenvalue weighted by atomic mass is 19.4. The lowest BCUT2D eigenvalue weighted by atomic mass is 10.0. The minimum Gasteiger partial charge on any atom is -0.382 e. The van der Waals surface area contributed by atoms with Crippen LogP contribution in [0.3, 0.4) is 0 Å². The van der Waals surface area contributed by atoms with Gasteiger partial charge >= 0.3 is 6.18 Å². The summed E-state index contributed by atoms with van der Waals surface area (Å²) in [6, 6.07) is 22.8. The van der Waals surface area contributed by atoms with E-state index in [2.05, 4.69) is 46.5 Å². The van der Waals surface area contributed by atoms with Crippen molar-refractivity contribution in [3.05, 3.63) is 113 Å². The van der Waals surface area contributed by atoms with E-state index in [1.807, 2.05) is 49.4 Å². The molecule has 15 nitrogen and oxygen atoms in total. The van der Waals surface area contributed by atoms with E-state index >= 15 is 0 Å². The molecule has 0 saturated carbocycles. The molecule has 0 aliphatic heterocycles. The summed E-state index contributed by atoms with van der Waals surface area (Å²) in [7, 11) is 1.65. The summed E-state index contributed by atoms with van der Waals surface area (Å²) in [6.45, 7) is 17.2. The van der Waals surface area contributed by atoms with Crippen LogP contribution in [0.4, 0.5) is 24.5 Å². The molecular weight excluding hydrogens is 914 g/mol. The van der Waals surface area contributed by atoms with Gasteiger partial charge in [0.15, 0.2) is 0 Å². The van der Waals surface area contributed by atoms with Gasteiger partial charge in [0.05, 0.1) is 123 Å². The number of alkyl halides is 3. The average molecular weight is 987 g/mol.